The first-order chi connectivity index (χ1) is 13.3. The number of aromatic nitrogens is 2. The van der Waals surface area contributed by atoms with Gasteiger partial charge in [-0.15, -0.1) is 0 Å². The Morgan fingerprint density at radius 3 is 2.89 bits per heavy atom. The summed E-state index contributed by atoms with van der Waals surface area (Å²) in [5.41, 5.74) is 4.15. The molecule has 1 fully saturated rings. The first-order valence-corrected chi connectivity index (χ1v) is 10.2. The number of carbonyl (C=O) groups excluding carboxylic acids is 1. The second-order valence-electron chi connectivity index (χ2n) is 8.74. The van der Waals surface area contributed by atoms with Crippen molar-refractivity contribution >= 4 is 17.0 Å². The van der Waals surface area contributed by atoms with Crippen LogP contribution in [0.2, 0.25) is 0 Å². The number of hydrogen-bond acceptors (Lipinski definition) is 4. The number of aromatic amines is 1. The first-order valence-electron chi connectivity index (χ1n) is 10.2. The molecule has 1 atom stereocenters. The number of nitrogens with one attached hydrogen (secondary N) is 1. The van der Waals surface area contributed by atoms with Crippen molar-refractivity contribution in [2.75, 3.05) is 26.8 Å². The lowest BCUT2D eigenvalue weighted by atomic mass is 9.95. The summed E-state index contributed by atoms with van der Waals surface area (Å²) < 4.78 is 10.8. The molecule has 0 saturated carbocycles. The SMILES string of the molecule is COCCCc1cnc(C)c2cc([C@@H]3CCCN(C(=O)OC(C)(C)C)C3)[nH]c12. The summed E-state index contributed by atoms with van der Waals surface area (Å²) in [4.78, 5) is 22.6. The van der Waals surface area contributed by atoms with Crippen LogP contribution in [0.25, 0.3) is 10.9 Å². The van der Waals surface area contributed by atoms with Gasteiger partial charge in [0.05, 0.1) is 5.52 Å². The molecule has 0 spiro atoms. The number of likely N-dealkylation sites (tertiary alicyclic amines) is 1. The minimum atomic E-state index is -0.467. The number of rotatable bonds is 5. The molecule has 0 aromatic carbocycles. The molecule has 0 radical (unpaired) electrons. The molecule has 3 rings (SSSR count). The Hall–Kier alpha value is -2.08. The molecule has 154 valence electrons. The second-order valence-corrected chi connectivity index (χ2v) is 8.74. The summed E-state index contributed by atoms with van der Waals surface area (Å²) in [6.45, 7) is 9.96. The maximum atomic E-state index is 12.5. The highest BCUT2D eigenvalue weighted by atomic mass is 16.6. The van der Waals surface area contributed by atoms with Crippen molar-refractivity contribution in [1.29, 1.82) is 0 Å². The number of carbonyl (C=O) groups is 1. The van der Waals surface area contributed by atoms with E-state index in [4.69, 9.17) is 9.47 Å². The van der Waals surface area contributed by atoms with Crippen molar-refractivity contribution in [2.45, 2.75) is 64.9 Å². The highest BCUT2D eigenvalue weighted by Crippen LogP contribution is 2.31. The lowest BCUT2D eigenvalue weighted by Crippen LogP contribution is -2.42. The molecular weight excluding hydrogens is 354 g/mol. The lowest BCUT2D eigenvalue weighted by molar-refractivity contribution is 0.0197. The summed E-state index contributed by atoms with van der Waals surface area (Å²) >= 11 is 0. The number of hydrogen-bond donors (Lipinski definition) is 1. The van der Waals surface area contributed by atoms with E-state index in [9.17, 15) is 4.79 Å². The van der Waals surface area contributed by atoms with E-state index in [2.05, 4.69) is 16.0 Å². The lowest BCUT2D eigenvalue weighted by Gasteiger charge is -2.33. The van der Waals surface area contributed by atoms with Gasteiger partial charge in [-0.3, -0.25) is 4.98 Å². The van der Waals surface area contributed by atoms with E-state index >= 15 is 0 Å². The number of nitrogens with zero attached hydrogens (tertiary/aromatic N) is 2. The van der Waals surface area contributed by atoms with Crippen molar-refractivity contribution in [2.24, 2.45) is 0 Å². The zero-order valence-electron chi connectivity index (χ0n) is 17.8. The number of fused-ring (bicyclic) bond motifs is 1. The third-order valence-electron chi connectivity index (χ3n) is 5.27. The van der Waals surface area contributed by atoms with E-state index in [1.807, 2.05) is 38.8 Å². The normalized spacial score (nSPS) is 17.9. The van der Waals surface area contributed by atoms with E-state index in [0.717, 1.165) is 44.5 Å². The summed E-state index contributed by atoms with van der Waals surface area (Å²) in [6, 6.07) is 2.22. The summed E-state index contributed by atoms with van der Waals surface area (Å²) in [5, 5.41) is 1.18. The van der Waals surface area contributed by atoms with Gasteiger partial charge >= 0.3 is 6.09 Å². The Morgan fingerprint density at radius 1 is 1.39 bits per heavy atom. The first kappa shape index (κ1) is 20.6. The standard InChI is InChI=1S/C22H33N3O3/c1-15-18-12-19(24-20(18)16(13-23-15)9-7-11-27-5)17-8-6-10-25(14-17)21(26)28-22(2,3)4/h12-13,17,24H,6-11,14H2,1-5H3/t17-/m1/s1. The van der Waals surface area contributed by atoms with Crippen LogP contribution in [0.5, 0.6) is 0 Å². The second kappa shape index (κ2) is 8.52. The van der Waals surface area contributed by atoms with Crippen LogP contribution in [0.15, 0.2) is 12.3 Å². The van der Waals surface area contributed by atoms with Crippen LogP contribution >= 0.6 is 0 Å². The van der Waals surface area contributed by atoms with Crippen molar-refractivity contribution in [3.8, 4) is 0 Å². The number of ether oxygens (including phenoxy) is 2. The van der Waals surface area contributed by atoms with Crippen LogP contribution in [0.3, 0.4) is 0 Å². The van der Waals surface area contributed by atoms with Gasteiger partial charge in [0.2, 0.25) is 0 Å². The monoisotopic (exact) mass is 387 g/mol. The molecule has 1 N–H and O–H groups in total. The Balaban J connectivity index is 1.80. The van der Waals surface area contributed by atoms with Gasteiger partial charge in [-0.25, -0.2) is 4.79 Å². The van der Waals surface area contributed by atoms with E-state index in [-0.39, 0.29) is 6.09 Å². The van der Waals surface area contributed by atoms with E-state index in [1.165, 1.54) is 22.2 Å². The molecule has 2 aromatic rings. The molecular formula is C22H33N3O3. The fourth-order valence-corrected chi connectivity index (χ4v) is 3.86. The van der Waals surface area contributed by atoms with Gasteiger partial charge in [0.25, 0.3) is 0 Å². The Kier molecular flexibility index (Phi) is 6.28. The molecule has 0 unspecified atom stereocenters. The van der Waals surface area contributed by atoms with Crippen molar-refractivity contribution in [3.05, 3.63) is 29.2 Å². The van der Waals surface area contributed by atoms with Crippen LogP contribution in [-0.4, -0.2) is 53.4 Å². The van der Waals surface area contributed by atoms with E-state index < -0.39 is 5.60 Å². The molecule has 6 nitrogen and oxygen atoms in total. The van der Waals surface area contributed by atoms with E-state index in [0.29, 0.717) is 12.5 Å². The topological polar surface area (TPSA) is 67.4 Å². The largest absolute Gasteiger partial charge is 0.444 e. The third-order valence-corrected chi connectivity index (χ3v) is 5.27. The zero-order chi connectivity index (χ0) is 20.3. The Bertz CT molecular complexity index is 822. The summed E-state index contributed by atoms with van der Waals surface area (Å²) in [5.74, 6) is 0.292. The molecule has 1 saturated heterocycles. The minimum absolute atomic E-state index is 0.216. The van der Waals surface area contributed by atoms with E-state index in [1.54, 1.807) is 7.11 Å². The summed E-state index contributed by atoms with van der Waals surface area (Å²) in [6.07, 6.45) is 5.72. The maximum absolute atomic E-state index is 12.5. The molecule has 6 heteroatoms. The molecule has 3 heterocycles. The fourth-order valence-electron chi connectivity index (χ4n) is 3.86. The van der Waals surface area contributed by atoms with Crippen molar-refractivity contribution in [1.82, 2.24) is 14.9 Å². The summed E-state index contributed by atoms with van der Waals surface area (Å²) in [7, 11) is 1.73. The van der Waals surface area contributed by atoms with Crippen LogP contribution in [0, 0.1) is 6.92 Å². The van der Waals surface area contributed by atoms with Gasteiger partial charge in [0.15, 0.2) is 0 Å². The molecule has 28 heavy (non-hydrogen) atoms. The van der Waals surface area contributed by atoms with Crippen LogP contribution in [-0.2, 0) is 15.9 Å². The number of H-pyrrole nitrogens is 1. The van der Waals surface area contributed by atoms with Gasteiger partial charge in [0.1, 0.15) is 5.60 Å². The minimum Gasteiger partial charge on any atom is -0.444 e. The van der Waals surface area contributed by atoms with Gasteiger partial charge in [-0.05, 0) is 65.0 Å². The smallest absolute Gasteiger partial charge is 0.410 e. The third kappa shape index (κ3) is 4.85. The zero-order valence-corrected chi connectivity index (χ0v) is 17.8. The van der Waals surface area contributed by atoms with Gasteiger partial charge in [0, 0.05) is 55.7 Å². The average Bonchev–Trinajstić information content (AvgIpc) is 3.09. The Morgan fingerprint density at radius 2 is 2.18 bits per heavy atom. The van der Waals surface area contributed by atoms with Gasteiger partial charge in [-0.2, -0.15) is 0 Å². The number of piperidine rings is 1. The predicted molar refractivity (Wildman–Crippen MR) is 111 cm³/mol. The quantitative estimate of drug-likeness (QED) is 0.764. The molecule has 2 aromatic heterocycles. The van der Waals surface area contributed by atoms with Crippen LogP contribution in [0.4, 0.5) is 4.79 Å². The average molecular weight is 388 g/mol. The van der Waals surface area contributed by atoms with Gasteiger partial charge in [-0.1, -0.05) is 0 Å². The van der Waals surface area contributed by atoms with Crippen molar-refractivity contribution < 1.29 is 14.3 Å². The number of methoxy groups -OCH3 is 1. The molecule has 0 bridgehead atoms. The van der Waals surface area contributed by atoms with Crippen LogP contribution < -0.4 is 0 Å². The molecule has 0 aliphatic carbocycles. The number of pyridine rings is 1. The molecule has 1 aliphatic heterocycles. The highest BCUT2D eigenvalue weighted by Gasteiger charge is 2.29. The Labute approximate surface area is 167 Å². The number of amides is 1. The van der Waals surface area contributed by atoms with Crippen LogP contribution in [0.1, 0.15) is 62.9 Å². The maximum Gasteiger partial charge on any atom is 0.410 e. The number of aryl methyl sites for hydroxylation is 2. The fraction of sp³-hybridized carbons (Fsp3) is 0.636. The molecule has 1 aliphatic rings. The van der Waals surface area contributed by atoms with Gasteiger partial charge < -0.3 is 19.4 Å². The molecule has 1 amide bonds. The van der Waals surface area contributed by atoms with Crippen molar-refractivity contribution in [3.63, 3.8) is 0 Å². The predicted octanol–water partition coefficient (Wildman–Crippen LogP) is 4.56. The highest BCUT2D eigenvalue weighted by molar-refractivity contribution is 5.85.